The Morgan fingerprint density at radius 2 is 1.38 bits per heavy atom. The summed E-state index contributed by atoms with van der Waals surface area (Å²) in [6.45, 7) is 3.69. The first-order valence-corrected chi connectivity index (χ1v) is 10.1. The molecule has 0 unspecified atom stereocenters. The van der Waals surface area contributed by atoms with Gasteiger partial charge in [0, 0.05) is 0 Å². The van der Waals surface area contributed by atoms with Gasteiger partial charge in [0.25, 0.3) is 0 Å². The molecule has 2 rings (SSSR count). The van der Waals surface area contributed by atoms with E-state index in [0.717, 1.165) is 0 Å². The van der Waals surface area contributed by atoms with E-state index in [1.165, 1.54) is 10.6 Å². The third kappa shape index (κ3) is 6.68. The molecule has 24 heavy (non-hydrogen) atoms. The van der Waals surface area contributed by atoms with Crippen molar-refractivity contribution >= 4 is 28.9 Å². The van der Waals surface area contributed by atoms with Crippen LogP contribution in [0.5, 0.6) is 0 Å². The van der Waals surface area contributed by atoms with Gasteiger partial charge < -0.3 is 4.55 Å². The van der Waals surface area contributed by atoms with Crippen molar-refractivity contribution in [1.29, 1.82) is 0 Å². The molecule has 0 spiro atoms. The van der Waals surface area contributed by atoms with E-state index in [1.807, 2.05) is 36.4 Å². The molecule has 0 aliphatic heterocycles. The van der Waals surface area contributed by atoms with E-state index in [0.29, 0.717) is 6.42 Å². The summed E-state index contributed by atoms with van der Waals surface area (Å²) in [5.41, 5.74) is 0.173. The van der Waals surface area contributed by atoms with Crippen LogP contribution in [0, 0.1) is 0 Å². The molecule has 0 fully saturated rings. The van der Waals surface area contributed by atoms with E-state index < -0.39 is 24.4 Å². The Bertz CT molecular complexity index is 670. The minimum Gasteiger partial charge on any atom is -0.726 e. The molecule has 0 saturated heterocycles. The van der Waals surface area contributed by atoms with Crippen LogP contribution in [0.1, 0.15) is 20.3 Å². The fraction of sp³-hybridized carbons (Fsp3) is 0.294. The summed E-state index contributed by atoms with van der Waals surface area (Å²) in [6.07, 6.45) is -0.137. The van der Waals surface area contributed by atoms with Gasteiger partial charge in [-0.2, -0.15) is 0 Å². The van der Waals surface area contributed by atoms with Crippen molar-refractivity contribution in [2.24, 2.45) is 0 Å². The molecule has 7 heteroatoms. The Hall–Kier alpha value is -0.663. The third-order valence-corrected chi connectivity index (χ3v) is 6.83. The van der Waals surface area contributed by atoms with Crippen LogP contribution in [-0.2, 0) is 14.6 Å². The van der Waals surface area contributed by atoms with E-state index in [1.54, 1.807) is 6.92 Å². The van der Waals surface area contributed by atoms with Gasteiger partial charge in [-0.3, -0.25) is 4.18 Å². The third-order valence-electron chi connectivity index (χ3n) is 3.46. The summed E-state index contributed by atoms with van der Waals surface area (Å²) in [5.74, 6) is 0. The van der Waals surface area contributed by atoms with Crippen LogP contribution in [0.15, 0.2) is 60.7 Å². The van der Waals surface area contributed by atoms with Crippen LogP contribution in [0.3, 0.4) is 0 Å². The van der Waals surface area contributed by atoms with Crippen molar-refractivity contribution in [2.45, 2.75) is 32.0 Å². The predicted octanol–water partition coefficient (Wildman–Crippen LogP) is -0.233. The summed E-state index contributed by atoms with van der Waals surface area (Å²) in [6, 6.07) is 20.3. The predicted molar refractivity (Wildman–Crippen MR) is 93.4 cm³/mol. The molecule has 124 valence electrons. The van der Waals surface area contributed by atoms with Crippen molar-refractivity contribution < 1.29 is 36.0 Å². The average Bonchev–Trinajstić information content (AvgIpc) is 2.47. The molecule has 4 nitrogen and oxygen atoms in total. The number of hydrogen-bond acceptors (Lipinski definition) is 4. The van der Waals surface area contributed by atoms with Crippen molar-refractivity contribution in [3.8, 4) is 0 Å². The van der Waals surface area contributed by atoms with Crippen LogP contribution in [0.25, 0.3) is 0 Å². The fourth-order valence-corrected chi connectivity index (χ4v) is 5.95. The number of hydrogen-bond donors (Lipinski definition) is 0. The summed E-state index contributed by atoms with van der Waals surface area (Å²) >= 11 is 0. The Balaban J connectivity index is 0.00000288. The summed E-state index contributed by atoms with van der Waals surface area (Å²) < 4.78 is 36.8. The maximum atomic E-state index is 10.8. The molecule has 0 aromatic heterocycles. The van der Waals surface area contributed by atoms with Crippen LogP contribution < -0.4 is 29.5 Å². The molecule has 0 aliphatic rings. The molecule has 0 heterocycles. The van der Waals surface area contributed by atoms with Crippen LogP contribution in [-0.4, -0.2) is 24.7 Å². The van der Waals surface area contributed by atoms with Crippen LogP contribution >= 0.6 is 7.92 Å². The van der Waals surface area contributed by atoms with Crippen LogP contribution in [0.2, 0.25) is 0 Å². The number of benzene rings is 2. The second-order valence-electron chi connectivity index (χ2n) is 5.44. The zero-order chi connectivity index (χ0) is 16.9. The molecule has 0 saturated carbocycles. The SMILES string of the molecule is C[C@H](C[C@H](C)P(c1ccccc1)c1ccccc1)OS(=O)(=O)[O-].[Li+]. The average molecular weight is 358 g/mol. The first-order valence-electron chi connectivity index (χ1n) is 7.40. The second kappa shape index (κ2) is 9.73. The Morgan fingerprint density at radius 3 is 1.75 bits per heavy atom. The minimum atomic E-state index is -4.67. The molecule has 0 amide bonds. The Kier molecular flexibility index (Phi) is 8.66. The van der Waals surface area contributed by atoms with Crippen LogP contribution in [0.4, 0.5) is 0 Å². The molecule has 2 aromatic rings. The summed E-state index contributed by atoms with van der Waals surface area (Å²) in [7, 11) is -5.33. The van der Waals surface area contributed by atoms with E-state index in [4.69, 9.17) is 0 Å². The maximum Gasteiger partial charge on any atom is 1.00 e. The van der Waals surface area contributed by atoms with Gasteiger partial charge in [0.05, 0.1) is 6.10 Å². The molecular weight excluding hydrogens is 338 g/mol. The first-order chi connectivity index (χ1) is 10.9. The smallest absolute Gasteiger partial charge is 0.726 e. The van der Waals surface area contributed by atoms with Gasteiger partial charge in [0.15, 0.2) is 0 Å². The van der Waals surface area contributed by atoms with Gasteiger partial charge in [0.1, 0.15) is 0 Å². The zero-order valence-electron chi connectivity index (χ0n) is 14.1. The molecule has 0 radical (unpaired) electrons. The van der Waals surface area contributed by atoms with Gasteiger partial charge in [-0.1, -0.05) is 67.6 Å². The van der Waals surface area contributed by atoms with E-state index in [2.05, 4.69) is 35.4 Å². The van der Waals surface area contributed by atoms with Gasteiger partial charge in [-0.05, 0) is 37.5 Å². The quantitative estimate of drug-likeness (QED) is 0.297. The monoisotopic (exact) mass is 358 g/mol. The first kappa shape index (κ1) is 21.4. The van der Waals surface area contributed by atoms with Crippen molar-refractivity contribution in [3.05, 3.63) is 60.7 Å². The van der Waals surface area contributed by atoms with Gasteiger partial charge in [0.2, 0.25) is 10.4 Å². The second-order valence-corrected chi connectivity index (χ2v) is 9.10. The standard InChI is InChI=1S/C17H21O4PS.Li/c1-14(21-23(18,19)20)13-15(2)22(16-9-5-3-6-10-16)17-11-7-4-8-12-17;/h3-12,14-15H,13H2,1-2H3,(H,18,19,20);/q;+1/p-1/t14-,15+;/m1./s1. The van der Waals surface area contributed by atoms with Gasteiger partial charge >= 0.3 is 18.9 Å². The van der Waals surface area contributed by atoms with E-state index in [-0.39, 0.29) is 24.5 Å². The van der Waals surface area contributed by atoms with Gasteiger partial charge in [-0.25, -0.2) is 8.42 Å². The molecule has 0 bridgehead atoms. The van der Waals surface area contributed by atoms with E-state index >= 15 is 0 Å². The van der Waals surface area contributed by atoms with Crippen molar-refractivity contribution in [3.63, 3.8) is 0 Å². The normalized spacial score (nSPS) is 14.0. The topological polar surface area (TPSA) is 66.4 Å². The molecule has 0 N–H and O–H groups in total. The zero-order valence-corrected chi connectivity index (χ0v) is 15.8. The van der Waals surface area contributed by atoms with Crippen molar-refractivity contribution in [1.82, 2.24) is 0 Å². The van der Waals surface area contributed by atoms with E-state index in [9.17, 15) is 13.0 Å². The maximum absolute atomic E-state index is 10.8. The molecule has 0 aliphatic carbocycles. The molecular formula is C17H20LiO4PS. The summed E-state index contributed by atoms with van der Waals surface area (Å²) in [5, 5.41) is 2.44. The fourth-order valence-electron chi connectivity index (χ4n) is 2.66. The largest absolute Gasteiger partial charge is 1.00 e. The molecule has 2 aromatic carbocycles. The Labute approximate surface area is 157 Å². The number of rotatable bonds is 7. The Morgan fingerprint density at radius 1 is 0.958 bits per heavy atom. The minimum absolute atomic E-state index is 0. The molecule has 2 atom stereocenters. The van der Waals surface area contributed by atoms with Gasteiger partial charge in [-0.15, -0.1) is 0 Å². The van der Waals surface area contributed by atoms with Crippen molar-refractivity contribution in [2.75, 3.05) is 0 Å². The summed E-state index contributed by atoms with van der Waals surface area (Å²) in [4.78, 5) is 0.